The number of unbranched alkanes of at least 4 members (excludes halogenated alkanes) is 29. The molecule has 0 aliphatic carbocycles. The summed E-state index contributed by atoms with van der Waals surface area (Å²) in [6.07, 6.45) is 82.5. The van der Waals surface area contributed by atoms with E-state index in [1.807, 2.05) is 0 Å². The number of rotatable bonds is 56. The monoisotopic (exact) mass is 1030 g/mol. The fourth-order valence-electron chi connectivity index (χ4n) is 8.65. The van der Waals surface area contributed by atoms with Gasteiger partial charge in [0.05, 0.1) is 0 Å². The van der Waals surface area contributed by atoms with Gasteiger partial charge < -0.3 is 14.2 Å². The molecule has 74 heavy (non-hydrogen) atoms. The van der Waals surface area contributed by atoms with Crippen LogP contribution >= 0.6 is 0 Å². The number of hydrogen-bond acceptors (Lipinski definition) is 6. The molecule has 0 radical (unpaired) electrons. The highest BCUT2D eigenvalue weighted by molar-refractivity contribution is 5.71. The maximum absolute atomic E-state index is 12.9. The summed E-state index contributed by atoms with van der Waals surface area (Å²) in [5.74, 6) is -0.899. The number of carbonyl (C=O) groups excluding carboxylic acids is 3. The molecule has 0 bridgehead atoms. The van der Waals surface area contributed by atoms with E-state index in [0.29, 0.717) is 19.3 Å². The van der Waals surface area contributed by atoms with Crippen molar-refractivity contribution < 1.29 is 28.6 Å². The van der Waals surface area contributed by atoms with Crippen LogP contribution in [0.1, 0.15) is 297 Å². The van der Waals surface area contributed by atoms with Crippen molar-refractivity contribution in [1.29, 1.82) is 0 Å². The average Bonchev–Trinajstić information content (AvgIpc) is 3.40. The first-order valence-corrected chi connectivity index (χ1v) is 31.2. The predicted molar refractivity (Wildman–Crippen MR) is 320 cm³/mol. The van der Waals surface area contributed by atoms with Crippen LogP contribution in [0, 0.1) is 0 Å². The highest BCUT2D eigenvalue weighted by Crippen LogP contribution is 2.16. The van der Waals surface area contributed by atoms with Crippen molar-refractivity contribution in [2.24, 2.45) is 0 Å². The maximum Gasteiger partial charge on any atom is 0.306 e. The van der Waals surface area contributed by atoms with Gasteiger partial charge in [-0.05, 0) is 103 Å². The van der Waals surface area contributed by atoms with Crippen LogP contribution in [-0.2, 0) is 28.6 Å². The minimum absolute atomic E-state index is 0.0845. The van der Waals surface area contributed by atoms with Crippen molar-refractivity contribution in [2.75, 3.05) is 13.2 Å². The number of carbonyl (C=O) groups is 3. The molecule has 0 rings (SSSR count). The fourth-order valence-corrected chi connectivity index (χ4v) is 8.65. The van der Waals surface area contributed by atoms with Gasteiger partial charge in [0.2, 0.25) is 0 Å². The Kier molecular flexibility index (Phi) is 58.8. The third-order valence-corrected chi connectivity index (χ3v) is 13.3. The molecule has 0 heterocycles. The lowest BCUT2D eigenvalue weighted by Gasteiger charge is -2.18. The lowest BCUT2D eigenvalue weighted by molar-refractivity contribution is -0.167. The van der Waals surface area contributed by atoms with Crippen LogP contribution in [0.2, 0.25) is 0 Å². The van der Waals surface area contributed by atoms with Gasteiger partial charge in [0.1, 0.15) is 13.2 Å². The van der Waals surface area contributed by atoms with E-state index < -0.39 is 6.10 Å². The zero-order chi connectivity index (χ0) is 53.6. The van der Waals surface area contributed by atoms with E-state index in [1.165, 1.54) is 135 Å². The molecule has 0 amide bonds. The molecule has 0 aromatic rings. The molecule has 0 aromatic heterocycles. The van der Waals surface area contributed by atoms with Crippen molar-refractivity contribution in [1.82, 2.24) is 0 Å². The van der Waals surface area contributed by atoms with Crippen LogP contribution in [0.4, 0.5) is 0 Å². The number of ether oxygens (including phenoxy) is 3. The molecule has 1 atom stereocenters. The zero-order valence-corrected chi connectivity index (χ0v) is 48.6. The van der Waals surface area contributed by atoms with E-state index in [4.69, 9.17) is 14.2 Å². The molecule has 0 N–H and O–H groups in total. The normalized spacial score (nSPS) is 12.7. The molecule has 0 aliphatic rings. The summed E-state index contributed by atoms with van der Waals surface area (Å²) < 4.78 is 16.9. The summed E-state index contributed by atoms with van der Waals surface area (Å²) in [7, 11) is 0. The standard InChI is InChI=1S/C68H116O6/c1-4-7-10-13-16-19-22-25-28-30-32-33-34-35-37-38-40-43-46-49-52-55-58-61-67(70)73-64-65(63-72-66(69)60-57-54-51-48-45-42-27-24-21-18-15-12-9-6-3)74-68(71)62-59-56-53-50-47-44-41-39-36-31-29-26-23-20-17-14-11-8-5-2/h7,10,16-17,19-20,25-26,28-29,32-33,35-37,39,65H,4-6,8-9,11-15,18,21-24,27,30-31,34,38,40-64H2,1-3H3/b10-7-,19-16-,20-17-,28-25-,29-26-,33-32-,37-35-,39-36-. The summed E-state index contributed by atoms with van der Waals surface area (Å²) in [5.41, 5.74) is 0. The largest absolute Gasteiger partial charge is 0.462 e. The predicted octanol–water partition coefficient (Wildman–Crippen LogP) is 21.3. The van der Waals surface area contributed by atoms with Crippen LogP contribution in [0.3, 0.4) is 0 Å². The van der Waals surface area contributed by atoms with E-state index in [9.17, 15) is 14.4 Å². The first kappa shape index (κ1) is 70.3. The SMILES string of the molecule is CC/C=C\C/C=C\C/C=C\C/C=C\C/C=C\CCCCCCCCCC(=O)OCC(COC(=O)CCCCCCCCCCCCCCCC)OC(=O)CCCCCCCC/C=C\C/C=C\C/C=C\CCCCC. The molecule has 6 heteroatoms. The molecule has 0 saturated heterocycles. The first-order valence-electron chi connectivity index (χ1n) is 31.2. The smallest absolute Gasteiger partial charge is 0.306 e. The van der Waals surface area contributed by atoms with Crippen molar-refractivity contribution in [2.45, 2.75) is 303 Å². The second kappa shape index (κ2) is 61.9. The molecule has 0 spiro atoms. The fraction of sp³-hybridized carbons (Fsp3) is 0.721. The van der Waals surface area contributed by atoms with Crippen LogP contribution < -0.4 is 0 Å². The lowest BCUT2D eigenvalue weighted by Crippen LogP contribution is -2.30. The van der Waals surface area contributed by atoms with Crippen LogP contribution in [-0.4, -0.2) is 37.2 Å². The quantitative estimate of drug-likeness (QED) is 0.0261. The molecular formula is C68H116O6. The minimum atomic E-state index is -0.790. The van der Waals surface area contributed by atoms with Gasteiger partial charge in [-0.1, -0.05) is 272 Å². The first-order chi connectivity index (χ1) is 36.5. The molecule has 1 unspecified atom stereocenters. The zero-order valence-electron chi connectivity index (χ0n) is 48.6. The Morgan fingerprint density at radius 2 is 0.527 bits per heavy atom. The Balaban J connectivity index is 4.40. The van der Waals surface area contributed by atoms with Gasteiger partial charge in [0.25, 0.3) is 0 Å². The van der Waals surface area contributed by atoms with Gasteiger partial charge in [-0.2, -0.15) is 0 Å². The third-order valence-electron chi connectivity index (χ3n) is 13.3. The summed E-state index contributed by atoms with van der Waals surface area (Å²) >= 11 is 0. The number of esters is 3. The molecule has 0 saturated carbocycles. The highest BCUT2D eigenvalue weighted by Gasteiger charge is 2.19. The molecule has 0 aromatic carbocycles. The van der Waals surface area contributed by atoms with E-state index in [-0.39, 0.29) is 31.1 Å². The lowest BCUT2D eigenvalue weighted by atomic mass is 10.0. The van der Waals surface area contributed by atoms with E-state index in [0.717, 1.165) is 122 Å². The molecular weight excluding hydrogens is 913 g/mol. The van der Waals surface area contributed by atoms with E-state index >= 15 is 0 Å². The topological polar surface area (TPSA) is 78.9 Å². The molecule has 424 valence electrons. The summed E-state index contributed by atoms with van der Waals surface area (Å²) in [5, 5.41) is 0. The minimum Gasteiger partial charge on any atom is -0.462 e. The van der Waals surface area contributed by atoms with Gasteiger partial charge in [-0.3, -0.25) is 14.4 Å². The van der Waals surface area contributed by atoms with Gasteiger partial charge in [0, 0.05) is 19.3 Å². The van der Waals surface area contributed by atoms with Crippen LogP contribution in [0.5, 0.6) is 0 Å². The second-order valence-electron chi connectivity index (χ2n) is 20.6. The summed E-state index contributed by atoms with van der Waals surface area (Å²) in [6.45, 7) is 6.50. The van der Waals surface area contributed by atoms with Crippen LogP contribution in [0.15, 0.2) is 97.2 Å². The van der Waals surface area contributed by atoms with E-state index in [2.05, 4.69) is 118 Å². The number of allylic oxidation sites excluding steroid dienone is 16. The van der Waals surface area contributed by atoms with Crippen molar-refractivity contribution in [3.8, 4) is 0 Å². The van der Waals surface area contributed by atoms with Crippen molar-refractivity contribution in [3.63, 3.8) is 0 Å². The summed E-state index contributed by atoms with van der Waals surface area (Å²) in [6, 6.07) is 0. The van der Waals surface area contributed by atoms with Crippen molar-refractivity contribution in [3.05, 3.63) is 97.2 Å². The van der Waals surface area contributed by atoms with E-state index in [1.54, 1.807) is 0 Å². The summed E-state index contributed by atoms with van der Waals surface area (Å²) in [4.78, 5) is 38.3. The Morgan fingerprint density at radius 1 is 0.284 bits per heavy atom. The second-order valence-corrected chi connectivity index (χ2v) is 20.6. The molecule has 0 aliphatic heterocycles. The third kappa shape index (κ3) is 59.2. The van der Waals surface area contributed by atoms with Gasteiger partial charge in [-0.15, -0.1) is 0 Å². The maximum atomic E-state index is 12.9. The Hall–Kier alpha value is -3.67. The van der Waals surface area contributed by atoms with Gasteiger partial charge >= 0.3 is 17.9 Å². The number of hydrogen-bond donors (Lipinski definition) is 0. The highest BCUT2D eigenvalue weighted by atomic mass is 16.6. The van der Waals surface area contributed by atoms with Gasteiger partial charge in [-0.25, -0.2) is 0 Å². The van der Waals surface area contributed by atoms with Gasteiger partial charge in [0.15, 0.2) is 6.10 Å². The van der Waals surface area contributed by atoms with Crippen LogP contribution in [0.25, 0.3) is 0 Å². The Bertz CT molecular complexity index is 1460. The van der Waals surface area contributed by atoms with Crippen molar-refractivity contribution >= 4 is 17.9 Å². The Labute approximate surface area is 457 Å². The Morgan fingerprint density at radius 3 is 0.851 bits per heavy atom. The molecule has 0 fully saturated rings. The molecule has 6 nitrogen and oxygen atoms in total. The average molecular weight is 1030 g/mol.